The van der Waals surface area contributed by atoms with Gasteiger partial charge in [-0.15, -0.1) is 0 Å². The summed E-state index contributed by atoms with van der Waals surface area (Å²) < 4.78 is 11.4. The Bertz CT molecular complexity index is 1240. The van der Waals surface area contributed by atoms with Gasteiger partial charge in [0, 0.05) is 43.7 Å². The Morgan fingerprint density at radius 3 is 2.23 bits per heavy atom. The van der Waals surface area contributed by atoms with Crippen LogP contribution in [0, 0.1) is 0 Å². The number of anilines is 1. The molecule has 3 aromatic rings. The van der Waals surface area contributed by atoms with Crippen LogP contribution in [0.4, 0.5) is 5.82 Å². The third-order valence-electron chi connectivity index (χ3n) is 4.98. The van der Waals surface area contributed by atoms with Crippen LogP contribution in [0.3, 0.4) is 0 Å². The maximum absolute atomic E-state index is 12.8. The van der Waals surface area contributed by atoms with E-state index in [-0.39, 0.29) is 46.6 Å². The van der Waals surface area contributed by atoms with Crippen molar-refractivity contribution in [3.8, 4) is 17.6 Å². The highest BCUT2D eigenvalue weighted by Gasteiger charge is 2.22. The van der Waals surface area contributed by atoms with Crippen LogP contribution in [0.15, 0.2) is 48.8 Å². The molecule has 2 amide bonds. The summed E-state index contributed by atoms with van der Waals surface area (Å²) in [6.45, 7) is 5.12. The molecule has 35 heavy (non-hydrogen) atoms. The van der Waals surface area contributed by atoms with E-state index in [9.17, 15) is 14.4 Å². The van der Waals surface area contributed by atoms with E-state index in [1.807, 2.05) is 13.8 Å². The van der Waals surface area contributed by atoms with Gasteiger partial charge in [0.1, 0.15) is 5.82 Å². The Labute approximate surface area is 200 Å². The number of nitrogens with one attached hydrogen (secondary N) is 1. The van der Waals surface area contributed by atoms with Crippen molar-refractivity contribution in [1.82, 2.24) is 19.9 Å². The average molecular weight is 477 g/mol. The van der Waals surface area contributed by atoms with Crippen LogP contribution >= 0.6 is 0 Å². The van der Waals surface area contributed by atoms with E-state index in [1.165, 1.54) is 30.5 Å². The molecule has 0 aromatic carbocycles. The predicted octanol–water partition coefficient (Wildman–Crippen LogP) is 3.25. The van der Waals surface area contributed by atoms with Crippen LogP contribution < -0.4 is 14.8 Å². The topological polar surface area (TPSA) is 144 Å². The molecule has 0 bridgehead atoms. The number of hydrogen-bond donors (Lipinski definition) is 2. The Morgan fingerprint density at radius 1 is 0.943 bits per heavy atom. The van der Waals surface area contributed by atoms with Crippen molar-refractivity contribution in [2.24, 2.45) is 0 Å². The highest BCUT2D eigenvalue weighted by molar-refractivity contribution is 6.04. The minimum absolute atomic E-state index is 0.000286. The first-order chi connectivity index (χ1) is 16.8. The maximum Gasteiger partial charge on any atom is 0.337 e. The van der Waals surface area contributed by atoms with E-state index in [0.29, 0.717) is 5.56 Å². The predicted molar refractivity (Wildman–Crippen MR) is 124 cm³/mol. The third-order valence-corrected chi connectivity index (χ3v) is 4.98. The summed E-state index contributed by atoms with van der Waals surface area (Å²) >= 11 is 0. The highest BCUT2D eigenvalue weighted by atomic mass is 16.5. The van der Waals surface area contributed by atoms with Gasteiger partial charge in [0.2, 0.25) is 17.6 Å². The summed E-state index contributed by atoms with van der Waals surface area (Å²) in [7, 11) is 0. The summed E-state index contributed by atoms with van der Waals surface area (Å²) in [6, 6.07) is 8.76. The van der Waals surface area contributed by atoms with Crippen molar-refractivity contribution in [2.45, 2.75) is 26.4 Å². The second-order valence-corrected chi connectivity index (χ2v) is 8.02. The Kier molecular flexibility index (Phi) is 6.86. The van der Waals surface area contributed by atoms with Gasteiger partial charge in [0.05, 0.1) is 22.8 Å². The summed E-state index contributed by atoms with van der Waals surface area (Å²) in [6.07, 6.45) is 3.38. The molecule has 2 N–H and O–H groups in total. The highest BCUT2D eigenvalue weighted by Crippen LogP contribution is 2.24. The summed E-state index contributed by atoms with van der Waals surface area (Å²) in [5.74, 6) is -1.12. The largest absolute Gasteiger partial charge is 0.478 e. The van der Waals surface area contributed by atoms with Crippen LogP contribution in [0.1, 0.15) is 51.3 Å². The first-order valence-electron chi connectivity index (χ1n) is 10.9. The SMILES string of the molecule is CC(C)Oc1cc(C(=O)Nc2ccc(C(=O)O)cn2)cc(Oc2ccc(C(=O)N3CCC3)cn2)n1. The second kappa shape index (κ2) is 10.2. The molecule has 0 saturated carbocycles. The first kappa shape index (κ1) is 23.6. The maximum atomic E-state index is 12.8. The number of carbonyl (C=O) groups is 3. The Balaban J connectivity index is 1.52. The van der Waals surface area contributed by atoms with Gasteiger partial charge in [0.25, 0.3) is 11.8 Å². The van der Waals surface area contributed by atoms with E-state index in [1.54, 1.807) is 17.0 Å². The number of pyridine rings is 3. The Hall–Kier alpha value is -4.54. The number of carbonyl (C=O) groups excluding carboxylic acids is 2. The van der Waals surface area contributed by atoms with Crippen molar-refractivity contribution in [1.29, 1.82) is 0 Å². The normalized spacial score (nSPS) is 12.6. The summed E-state index contributed by atoms with van der Waals surface area (Å²) in [5.41, 5.74) is 0.642. The third kappa shape index (κ3) is 5.88. The van der Waals surface area contributed by atoms with Gasteiger partial charge in [0.15, 0.2) is 0 Å². The number of carboxylic acids is 1. The molecule has 180 valence electrons. The molecule has 3 aromatic heterocycles. The van der Waals surface area contributed by atoms with Crippen molar-refractivity contribution in [3.63, 3.8) is 0 Å². The molecule has 4 heterocycles. The lowest BCUT2D eigenvalue weighted by Gasteiger charge is -2.30. The zero-order chi connectivity index (χ0) is 24.9. The monoisotopic (exact) mass is 477 g/mol. The zero-order valence-electron chi connectivity index (χ0n) is 19.1. The molecule has 0 atom stereocenters. The fraction of sp³-hybridized carbons (Fsp3) is 0.250. The number of aromatic nitrogens is 3. The van der Waals surface area contributed by atoms with Crippen LogP contribution in [0.2, 0.25) is 0 Å². The molecule has 0 unspecified atom stereocenters. The lowest BCUT2D eigenvalue weighted by Crippen LogP contribution is -2.42. The van der Waals surface area contributed by atoms with E-state index in [4.69, 9.17) is 14.6 Å². The molecule has 0 spiro atoms. The van der Waals surface area contributed by atoms with Gasteiger partial charge >= 0.3 is 5.97 Å². The number of aromatic carboxylic acids is 1. The number of amides is 2. The van der Waals surface area contributed by atoms with Gasteiger partial charge in [-0.3, -0.25) is 9.59 Å². The van der Waals surface area contributed by atoms with E-state index < -0.39 is 11.9 Å². The quantitative estimate of drug-likeness (QED) is 0.499. The van der Waals surface area contributed by atoms with Crippen LogP contribution in [-0.4, -0.2) is 61.9 Å². The average Bonchev–Trinajstić information content (AvgIpc) is 2.78. The first-order valence-corrected chi connectivity index (χ1v) is 10.9. The fourth-order valence-corrected chi connectivity index (χ4v) is 3.13. The number of likely N-dealkylation sites (tertiary alicyclic amines) is 1. The summed E-state index contributed by atoms with van der Waals surface area (Å²) in [4.78, 5) is 50.2. The number of carboxylic acid groups (broad SMARTS) is 1. The van der Waals surface area contributed by atoms with Crippen molar-refractivity contribution >= 4 is 23.6 Å². The molecule has 0 radical (unpaired) electrons. The van der Waals surface area contributed by atoms with Crippen molar-refractivity contribution < 1.29 is 29.0 Å². The van der Waals surface area contributed by atoms with E-state index >= 15 is 0 Å². The number of nitrogens with zero attached hydrogens (tertiary/aromatic N) is 4. The standard InChI is InChI=1S/C24H23N5O6/c1-14(2)34-20-10-17(22(30)27-18-6-4-16(13-25-18)24(32)33)11-21(28-20)35-19-7-5-15(12-26-19)23(31)29-8-3-9-29/h4-7,10-14H,3,8-9H2,1-2H3,(H,32,33)(H,25,27,30). The molecular weight excluding hydrogens is 454 g/mol. The molecule has 4 rings (SSSR count). The van der Waals surface area contributed by atoms with Crippen LogP contribution in [-0.2, 0) is 0 Å². The van der Waals surface area contributed by atoms with Gasteiger partial charge < -0.3 is 24.8 Å². The van der Waals surface area contributed by atoms with Gasteiger partial charge in [-0.2, -0.15) is 4.98 Å². The van der Waals surface area contributed by atoms with E-state index in [0.717, 1.165) is 25.7 Å². The fourth-order valence-electron chi connectivity index (χ4n) is 3.13. The number of hydrogen-bond acceptors (Lipinski definition) is 8. The molecule has 11 heteroatoms. The molecule has 1 aliphatic rings. The Morgan fingerprint density at radius 2 is 1.66 bits per heavy atom. The van der Waals surface area contributed by atoms with Crippen molar-refractivity contribution in [3.05, 3.63) is 65.5 Å². The molecule has 0 aliphatic carbocycles. The minimum atomic E-state index is -1.12. The molecule has 1 fully saturated rings. The number of rotatable bonds is 8. The van der Waals surface area contributed by atoms with Crippen LogP contribution in [0.25, 0.3) is 0 Å². The summed E-state index contributed by atoms with van der Waals surface area (Å²) in [5, 5.41) is 11.6. The van der Waals surface area contributed by atoms with Gasteiger partial charge in [-0.05, 0) is 38.5 Å². The molecule has 1 aliphatic heterocycles. The molecule has 11 nitrogen and oxygen atoms in total. The van der Waals surface area contributed by atoms with Crippen LogP contribution in [0.5, 0.6) is 17.6 Å². The van der Waals surface area contributed by atoms with Crippen molar-refractivity contribution in [2.75, 3.05) is 18.4 Å². The minimum Gasteiger partial charge on any atom is -0.478 e. The second-order valence-electron chi connectivity index (χ2n) is 8.02. The van der Waals surface area contributed by atoms with E-state index in [2.05, 4.69) is 20.3 Å². The molecular formula is C24H23N5O6. The zero-order valence-corrected chi connectivity index (χ0v) is 19.1. The lowest BCUT2D eigenvalue weighted by atomic mass is 10.1. The van der Waals surface area contributed by atoms with Gasteiger partial charge in [-0.1, -0.05) is 0 Å². The molecule has 1 saturated heterocycles. The van der Waals surface area contributed by atoms with Gasteiger partial charge in [-0.25, -0.2) is 14.8 Å². The lowest BCUT2D eigenvalue weighted by molar-refractivity contribution is 0.0649. The number of ether oxygens (including phenoxy) is 2. The smallest absolute Gasteiger partial charge is 0.337 e.